The zero-order valence-corrected chi connectivity index (χ0v) is 28.5. The summed E-state index contributed by atoms with van der Waals surface area (Å²) in [5.74, 6) is 1.63. The Morgan fingerprint density at radius 2 is 1.50 bits per heavy atom. The number of carbonyl (C=O) groups is 1. The third kappa shape index (κ3) is 5.23. The van der Waals surface area contributed by atoms with E-state index >= 15 is 0 Å². The van der Waals surface area contributed by atoms with Gasteiger partial charge in [-0.1, -0.05) is 24.3 Å². The van der Waals surface area contributed by atoms with Crippen molar-refractivity contribution in [2.45, 2.75) is 57.6 Å². The average Bonchev–Trinajstić information content (AvgIpc) is 3.88. The van der Waals surface area contributed by atoms with Crippen LogP contribution in [0.3, 0.4) is 0 Å². The maximum Gasteiger partial charge on any atom is 0.349 e. The van der Waals surface area contributed by atoms with Crippen molar-refractivity contribution in [1.29, 1.82) is 5.26 Å². The van der Waals surface area contributed by atoms with Crippen LogP contribution in [0.1, 0.15) is 56.4 Å². The number of nitrogens with zero attached hydrogens (tertiary/aromatic N) is 2. The number of nitriles is 1. The number of anilines is 2. The summed E-state index contributed by atoms with van der Waals surface area (Å²) in [6, 6.07) is 33.7. The topological polar surface area (TPSA) is 53.3 Å². The van der Waals surface area contributed by atoms with E-state index in [1.807, 2.05) is 23.5 Å². The molecule has 5 aromatic rings. The number of hydrogen-bond donors (Lipinski definition) is 0. The highest BCUT2D eigenvalue weighted by Crippen LogP contribution is 2.62. The van der Waals surface area contributed by atoms with Gasteiger partial charge in [-0.05, 0) is 130 Å². The monoisotopic (exact) mass is 658 g/mol. The molecule has 2 aliphatic carbocycles. The first-order chi connectivity index (χ1) is 22.3. The Hall–Kier alpha value is -3.96. The van der Waals surface area contributed by atoms with Gasteiger partial charge in [0, 0.05) is 52.6 Å². The van der Waals surface area contributed by atoms with Gasteiger partial charge in [-0.25, -0.2) is 4.79 Å². The molecule has 0 spiro atoms. The Balaban J connectivity index is 1.04. The molecule has 0 N–H and O–H groups in total. The standard InChI is InChI=1S/C39H34N2O2S3/c1-39(2,3)43-38(42)26(22-40)20-28-12-14-32(44-28)33-17-18-35(46-33)34-16-15-31(45-34)23-11-13-30-29(21-23)36-24-9-10-25(19-24)37(36)41(30)27-7-5-4-6-8-27/h4-8,11-18,20-21,24-25,36-37H,9-10,19H2,1-3H3/b26-20+/t24-,25?,36?,37?/m0/s1. The van der Waals surface area contributed by atoms with Crippen molar-refractivity contribution in [3.05, 3.63) is 101 Å². The van der Waals surface area contributed by atoms with Gasteiger partial charge < -0.3 is 9.64 Å². The molecule has 1 aliphatic heterocycles. The summed E-state index contributed by atoms with van der Waals surface area (Å²) >= 11 is 5.21. The van der Waals surface area contributed by atoms with E-state index in [-0.39, 0.29) is 5.57 Å². The minimum absolute atomic E-state index is 0.0107. The number of benzene rings is 2. The molecule has 8 rings (SSSR count). The molecule has 3 aliphatic rings. The molecule has 46 heavy (non-hydrogen) atoms. The maximum atomic E-state index is 12.4. The van der Waals surface area contributed by atoms with Gasteiger partial charge in [-0.2, -0.15) is 5.26 Å². The van der Waals surface area contributed by atoms with Gasteiger partial charge in [0.2, 0.25) is 0 Å². The highest BCUT2D eigenvalue weighted by Gasteiger charge is 2.55. The lowest BCUT2D eigenvalue weighted by Crippen LogP contribution is -2.35. The quantitative estimate of drug-likeness (QED) is 0.103. The van der Waals surface area contributed by atoms with E-state index in [2.05, 4.69) is 83.8 Å². The van der Waals surface area contributed by atoms with Crippen molar-refractivity contribution in [3.8, 4) is 36.0 Å². The molecule has 3 unspecified atom stereocenters. The minimum Gasteiger partial charge on any atom is -0.456 e. The van der Waals surface area contributed by atoms with Crippen molar-refractivity contribution in [2.24, 2.45) is 11.8 Å². The summed E-state index contributed by atoms with van der Waals surface area (Å²) in [5.41, 5.74) is 4.95. The third-order valence-corrected chi connectivity index (χ3v) is 13.1. The highest BCUT2D eigenvalue weighted by molar-refractivity contribution is 7.27. The number of fused-ring (bicyclic) bond motifs is 7. The van der Waals surface area contributed by atoms with Crippen LogP contribution in [0.25, 0.3) is 36.0 Å². The maximum absolute atomic E-state index is 12.4. The van der Waals surface area contributed by atoms with Crippen LogP contribution in [0.2, 0.25) is 0 Å². The lowest BCUT2D eigenvalue weighted by Gasteiger charge is -2.33. The molecule has 0 amide bonds. The van der Waals surface area contributed by atoms with Crippen molar-refractivity contribution >= 4 is 57.4 Å². The van der Waals surface area contributed by atoms with E-state index in [9.17, 15) is 10.1 Å². The lowest BCUT2D eigenvalue weighted by molar-refractivity contribution is -0.149. The molecular formula is C39H34N2O2S3. The fraction of sp³-hybridized carbons (Fsp3) is 0.282. The zero-order valence-electron chi connectivity index (χ0n) is 26.0. The first-order valence-corrected chi connectivity index (χ1v) is 18.3. The van der Waals surface area contributed by atoms with Gasteiger partial charge in [0.05, 0.1) is 0 Å². The Kier molecular flexibility index (Phi) is 7.28. The number of ether oxygens (including phenoxy) is 1. The number of esters is 1. The van der Waals surface area contributed by atoms with Crippen molar-refractivity contribution in [1.82, 2.24) is 0 Å². The molecule has 3 aromatic heterocycles. The van der Waals surface area contributed by atoms with Gasteiger partial charge in [0.25, 0.3) is 0 Å². The average molecular weight is 659 g/mol. The predicted octanol–water partition coefficient (Wildman–Crippen LogP) is 11.2. The lowest BCUT2D eigenvalue weighted by atomic mass is 9.82. The normalized spacial score (nSPS) is 21.7. The summed E-state index contributed by atoms with van der Waals surface area (Å²) in [6.07, 6.45) is 5.73. The first kappa shape index (κ1) is 29.4. The molecule has 2 aromatic carbocycles. The van der Waals surface area contributed by atoms with Crippen LogP contribution < -0.4 is 4.90 Å². The molecule has 2 saturated carbocycles. The van der Waals surface area contributed by atoms with E-state index in [1.165, 1.54) is 55.7 Å². The van der Waals surface area contributed by atoms with Gasteiger partial charge in [0.1, 0.15) is 17.2 Å². The molecule has 4 atom stereocenters. The highest BCUT2D eigenvalue weighted by atomic mass is 32.1. The Morgan fingerprint density at radius 3 is 2.22 bits per heavy atom. The van der Waals surface area contributed by atoms with E-state index in [1.54, 1.807) is 55.1 Å². The second-order valence-electron chi connectivity index (χ2n) is 13.5. The fourth-order valence-electron chi connectivity index (χ4n) is 7.73. The van der Waals surface area contributed by atoms with E-state index in [0.717, 1.165) is 21.6 Å². The molecule has 230 valence electrons. The van der Waals surface area contributed by atoms with Crippen molar-refractivity contribution in [3.63, 3.8) is 0 Å². The molecule has 0 saturated heterocycles. The summed E-state index contributed by atoms with van der Waals surface area (Å²) in [4.78, 5) is 22.0. The zero-order chi connectivity index (χ0) is 31.6. The molecule has 0 radical (unpaired) electrons. The van der Waals surface area contributed by atoms with E-state index < -0.39 is 11.6 Å². The largest absolute Gasteiger partial charge is 0.456 e. The summed E-state index contributed by atoms with van der Waals surface area (Å²) in [6.45, 7) is 5.39. The molecule has 2 fully saturated rings. The van der Waals surface area contributed by atoms with E-state index in [4.69, 9.17) is 4.74 Å². The third-order valence-electron chi connectivity index (χ3n) is 9.49. The van der Waals surface area contributed by atoms with Crippen LogP contribution >= 0.6 is 34.0 Å². The Bertz CT molecular complexity index is 2020. The van der Waals surface area contributed by atoms with Crippen LogP contribution in [-0.2, 0) is 9.53 Å². The van der Waals surface area contributed by atoms with Crippen LogP contribution in [-0.4, -0.2) is 17.6 Å². The van der Waals surface area contributed by atoms with E-state index in [0.29, 0.717) is 12.0 Å². The summed E-state index contributed by atoms with van der Waals surface area (Å²) in [7, 11) is 0. The molecular weight excluding hydrogens is 625 g/mol. The number of thiophene rings is 3. The van der Waals surface area contributed by atoms with Gasteiger partial charge >= 0.3 is 5.97 Å². The Morgan fingerprint density at radius 1 is 0.848 bits per heavy atom. The van der Waals surface area contributed by atoms with Crippen LogP contribution in [0, 0.1) is 23.2 Å². The van der Waals surface area contributed by atoms with Crippen LogP contribution in [0.5, 0.6) is 0 Å². The number of carbonyl (C=O) groups excluding carboxylic acids is 1. The SMILES string of the molecule is CC(C)(C)OC(=O)/C(C#N)=C/c1ccc(-c2ccc(-c3ccc(-c4ccc5c(c4)C4C(C6CC[C@H]4C6)N5c4ccccc4)s3)s2)s1. The molecule has 4 heterocycles. The van der Waals surface area contributed by atoms with Crippen LogP contribution in [0.15, 0.2) is 90.5 Å². The molecule has 4 nitrogen and oxygen atoms in total. The summed E-state index contributed by atoms with van der Waals surface area (Å²) in [5, 5.41) is 9.55. The van der Waals surface area contributed by atoms with Gasteiger partial charge in [-0.15, -0.1) is 34.0 Å². The van der Waals surface area contributed by atoms with Crippen LogP contribution in [0.4, 0.5) is 11.4 Å². The summed E-state index contributed by atoms with van der Waals surface area (Å²) < 4.78 is 5.39. The van der Waals surface area contributed by atoms with Crippen molar-refractivity contribution in [2.75, 3.05) is 4.90 Å². The number of para-hydroxylation sites is 1. The second-order valence-corrected chi connectivity index (χ2v) is 16.8. The second kappa shape index (κ2) is 11.4. The Labute approximate surface area is 282 Å². The smallest absolute Gasteiger partial charge is 0.349 e. The minimum atomic E-state index is -0.647. The molecule has 7 heteroatoms. The molecule has 2 bridgehead atoms. The van der Waals surface area contributed by atoms with Gasteiger partial charge in [0.15, 0.2) is 0 Å². The number of rotatable bonds is 6. The first-order valence-electron chi connectivity index (χ1n) is 15.9. The van der Waals surface area contributed by atoms with Gasteiger partial charge in [-0.3, -0.25) is 0 Å². The number of hydrogen-bond acceptors (Lipinski definition) is 7. The van der Waals surface area contributed by atoms with Crippen molar-refractivity contribution < 1.29 is 9.53 Å². The fourth-order valence-corrected chi connectivity index (χ4v) is 10.9. The predicted molar refractivity (Wildman–Crippen MR) is 192 cm³/mol.